The molecule has 0 fully saturated rings. The fourth-order valence-electron chi connectivity index (χ4n) is 3.65. The summed E-state index contributed by atoms with van der Waals surface area (Å²) in [6.45, 7) is 2.35. The average molecular weight is 433 g/mol. The third kappa shape index (κ3) is 3.92. The second-order valence-corrected chi connectivity index (χ2v) is 7.43. The quantitative estimate of drug-likeness (QED) is 0.429. The van der Waals surface area contributed by atoms with Crippen molar-refractivity contribution in [2.24, 2.45) is 0 Å². The molecule has 0 bridgehead atoms. The predicted molar refractivity (Wildman–Crippen MR) is 125 cm³/mol. The summed E-state index contributed by atoms with van der Waals surface area (Å²) in [6.07, 6.45) is 1.61. The summed E-state index contributed by atoms with van der Waals surface area (Å²) >= 11 is 6.15. The van der Waals surface area contributed by atoms with Crippen LogP contribution >= 0.6 is 11.6 Å². The van der Waals surface area contributed by atoms with E-state index >= 15 is 0 Å². The summed E-state index contributed by atoms with van der Waals surface area (Å²) in [6, 6.07) is 21.5. The molecule has 1 heterocycles. The number of hydrogen-bond donors (Lipinski definition) is 0. The molecular formula is C25H21ClN2O3. The number of amides is 1. The number of halogens is 1. The largest absolute Gasteiger partial charge is 0.497 e. The highest BCUT2D eigenvalue weighted by Gasteiger charge is 2.21. The molecule has 156 valence electrons. The molecule has 0 N–H and O–H groups in total. The van der Waals surface area contributed by atoms with Gasteiger partial charge in [0.15, 0.2) is 0 Å². The lowest BCUT2D eigenvalue weighted by Gasteiger charge is -2.23. The van der Waals surface area contributed by atoms with E-state index < -0.39 is 0 Å². The standard InChI is InChI=1S/C25H21ClN2O3/c1-3-27(18-9-6-8-17(26)14-18)25(30)23-16-28(19-10-7-11-20(15-19)31-2)24(29)22-13-5-4-12-21(22)23/h4-16H,3H2,1-2H3. The molecule has 0 unspecified atom stereocenters. The number of anilines is 1. The highest BCUT2D eigenvalue weighted by Crippen LogP contribution is 2.25. The Morgan fingerprint density at radius 3 is 2.45 bits per heavy atom. The second-order valence-electron chi connectivity index (χ2n) is 6.99. The van der Waals surface area contributed by atoms with Crippen LogP contribution in [0.1, 0.15) is 17.3 Å². The third-order valence-corrected chi connectivity index (χ3v) is 5.40. The molecular weight excluding hydrogens is 412 g/mol. The summed E-state index contributed by atoms with van der Waals surface area (Å²) in [5.74, 6) is 0.414. The van der Waals surface area contributed by atoms with E-state index in [9.17, 15) is 9.59 Å². The van der Waals surface area contributed by atoms with Crippen molar-refractivity contribution in [1.29, 1.82) is 0 Å². The molecule has 0 aliphatic rings. The van der Waals surface area contributed by atoms with Crippen molar-refractivity contribution in [1.82, 2.24) is 4.57 Å². The Bertz CT molecular complexity index is 1330. The van der Waals surface area contributed by atoms with Gasteiger partial charge in [-0.3, -0.25) is 14.2 Å². The summed E-state index contributed by atoms with van der Waals surface area (Å²) in [7, 11) is 1.57. The molecule has 1 aromatic heterocycles. The van der Waals surface area contributed by atoms with Gasteiger partial charge in [-0.2, -0.15) is 0 Å². The van der Waals surface area contributed by atoms with Gasteiger partial charge in [0.1, 0.15) is 5.75 Å². The molecule has 5 nitrogen and oxygen atoms in total. The fourth-order valence-corrected chi connectivity index (χ4v) is 3.83. The zero-order chi connectivity index (χ0) is 22.0. The molecule has 0 radical (unpaired) electrons. The topological polar surface area (TPSA) is 51.5 Å². The summed E-state index contributed by atoms with van der Waals surface area (Å²) < 4.78 is 6.79. The van der Waals surface area contributed by atoms with Crippen LogP contribution in [0.2, 0.25) is 5.02 Å². The van der Waals surface area contributed by atoms with E-state index in [1.54, 1.807) is 60.7 Å². The van der Waals surface area contributed by atoms with Gasteiger partial charge in [-0.15, -0.1) is 0 Å². The van der Waals surface area contributed by atoms with Crippen molar-refractivity contribution >= 4 is 34.0 Å². The molecule has 3 aromatic carbocycles. The van der Waals surface area contributed by atoms with Gasteiger partial charge in [-0.25, -0.2) is 0 Å². The Morgan fingerprint density at radius 2 is 1.74 bits per heavy atom. The van der Waals surface area contributed by atoms with Crippen molar-refractivity contribution in [3.8, 4) is 11.4 Å². The van der Waals surface area contributed by atoms with E-state index in [1.807, 2.05) is 37.3 Å². The molecule has 0 saturated heterocycles. The van der Waals surface area contributed by atoms with E-state index in [0.29, 0.717) is 45.0 Å². The minimum atomic E-state index is -0.211. The van der Waals surface area contributed by atoms with Gasteiger partial charge in [0.2, 0.25) is 0 Å². The first-order chi connectivity index (χ1) is 15.0. The number of aromatic nitrogens is 1. The smallest absolute Gasteiger partial charge is 0.262 e. The van der Waals surface area contributed by atoms with Crippen molar-refractivity contribution in [2.75, 3.05) is 18.6 Å². The number of pyridine rings is 1. The average Bonchev–Trinajstić information content (AvgIpc) is 2.80. The van der Waals surface area contributed by atoms with Gasteiger partial charge in [0.25, 0.3) is 11.5 Å². The number of carbonyl (C=O) groups is 1. The predicted octanol–water partition coefficient (Wildman–Crippen LogP) is 5.32. The Kier molecular flexibility index (Phi) is 5.78. The molecule has 31 heavy (non-hydrogen) atoms. The van der Waals surface area contributed by atoms with Gasteiger partial charge in [-0.05, 0) is 43.3 Å². The highest BCUT2D eigenvalue weighted by atomic mass is 35.5. The normalized spacial score (nSPS) is 10.8. The number of carbonyl (C=O) groups excluding carboxylic acids is 1. The van der Waals surface area contributed by atoms with Crippen LogP contribution < -0.4 is 15.2 Å². The number of hydrogen-bond acceptors (Lipinski definition) is 3. The van der Waals surface area contributed by atoms with Crippen LogP contribution in [-0.2, 0) is 0 Å². The molecule has 0 saturated carbocycles. The lowest BCUT2D eigenvalue weighted by Crippen LogP contribution is -2.32. The van der Waals surface area contributed by atoms with Gasteiger partial charge in [0, 0.05) is 40.3 Å². The fraction of sp³-hybridized carbons (Fsp3) is 0.120. The Labute approximate surface area is 185 Å². The molecule has 0 aliphatic carbocycles. The van der Waals surface area contributed by atoms with Crippen LogP contribution in [0.4, 0.5) is 5.69 Å². The zero-order valence-corrected chi connectivity index (χ0v) is 18.0. The van der Waals surface area contributed by atoms with E-state index in [2.05, 4.69) is 0 Å². The number of ether oxygens (including phenoxy) is 1. The minimum absolute atomic E-state index is 0.203. The first kappa shape index (κ1) is 20.7. The van der Waals surface area contributed by atoms with Gasteiger partial charge in [-0.1, -0.05) is 41.9 Å². The van der Waals surface area contributed by atoms with Crippen LogP contribution in [0.25, 0.3) is 16.5 Å². The maximum absolute atomic E-state index is 13.7. The van der Waals surface area contributed by atoms with Crippen molar-refractivity contribution in [3.05, 3.63) is 99.9 Å². The SMILES string of the molecule is CCN(C(=O)c1cn(-c2cccc(OC)c2)c(=O)c2ccccc12)c1cccc(Cl)c1. The number of benzene rings is 3. The maximum atomic E-state index is 13.7. The highest BCUT2D eigenvalue weighted by molar-refractivity contribution is 6.31. The Hall–Kier alpha value is -3.57. The van der Waals surface area contributed by atoms with E-state index in [4.69, 9.17) is 16.3 Å². The first-order valence-electron chi connectivity index (χ1n) is 9.89. The third-order valence-electron chi connectivity index (χ3n) is 5.17. The molecule has 4 aromatic rings. The molecule has 4 rings (SSSR count). The molecule has 6 heteroatoms. The zero-order valence-electron chi connectivity index (χ0n) is 17.2. The number of nitrogens with zero attached hydrogens (tertiary/aromatic N) is 2. The number of fused-ring (bicyclic) bond motifs is 1. The summed E-state index contributed by atoms with van der Waals surface area (Å²) in [5.41, 5.74) is 1.55. The van der Waals surface area contributed by atoms with Crippen LogP contribution in [0.3, 0.4) is 0 Å². The molecule has 0 atom stereocenters. The van der Waals surface area contributed by atoms with Gasteiger partial charge < -0.3 is 9.64 Å². The maximum Gasteiger partial charge on any atom is 0.262 e. The van der Waals surface area contributed by atoms with Crippen molar-refractivity contribution in [3.63, 3.8) is 0 Å². The molecule has 0 aliphatic heterocycles. The first-order valence-corrected chi connectivity index (χ1v) is 10.3. The molecule has 0 spiro atoms. The van der Waals surface area contributed by atoms with Crippen LogP contribution in [0.15, 0.2) is 83.8 Å². The van der Waals surface area contributed by atoms with Crippen molar-refractivity contribution in [2.45, 2.75) is 6.92 Å². The lowest BCUT2D eigenvalue weighted by atomic mass is 10.1. The minimum Gasteiger partial charge on any atom is -0.497 e. The number of rotatable bonds is 5. The summed E-state index contributed by atoms with van der Waals surface area (Å²) in [5, 5.41) is 1.63. The Morgan fingerprint density at radius 1 is 1.00 bits per heavy atom. The van der Waals surface area contributed by atoms with E-state index in [1.165, 1.54) is 4.57 Å². The molecule has 1 amide bonds. The van der Waals surface area contributed by atoms with Crippen molar-refractivity contribution < 1.29 is 9.53 Å². The van der Waals surface area contributed by atoms with E-state index in [0.717, 1.165) is 0 Å². The van der Waals surface area contributed by atoms with Gasteiger partial charge >= 0.3 is 0 Å². The van der Waals surface area contributed by atoms with Crippen LogP contribution in [0.5, 0.6) is 5.75 Å². The lowest BCUT2D eigenvalue weighted by molar-refractivity contribution is 0.0989. The van der Waals surface area contributed by atoms with Crippen LogP contribution in [0, 0.1) is 0 Å². The second kappa shape index (κ2) is 8.66. The summed E-state index contributed by atoms with van der Waals surface area (Å²) in [4.78, 5) is 28.5. The van der Waals surface area contributed by atoms with E-state index in [-0.39, 0.29) is 11.5 Å². The number of methoxy groups -OCH3 is 1. The van der Waals surface area contributed by atoms with Crippen LogP contribution in [-0.4, -0.2) is 24.1 Å². The van der Waals surface area contributed by atoms with Gasteiger partial charge in [0.05, 0.1) is 18.4 Å². The Balaban J connectivity index is 1.93. The monoisotopic (exact) mass is 432 g/mol.